The fourth-order valence-electron chi connectivity index (χ4n) is 2.14. The van der Waals surface area contributed by atoms with Crippen molar-refractivity contribution in [3.05, 3.63) is 0 Å². The van der Waals surface area contributed by atoms with Gasteiger partial charge in [0.15, 0.2) is 12.2 Å². The van der Waals surface area contributed by atoms with E-state index in [-0.39, 0.29) is 11.7 Å². The second kappa shape index (κ2) is 5.89. The summed E-state index contributed by atoms with van der Waals surface area (Å²) in [4.78, 5) is 4.34. The second-order valence-corrected chi connectivity index (χ2v) is 5.85. The molecule has 0 atom stereocenters. The maximum Gasteiger partial charge on any atom is 0.188 e. The maximum absolute atomic E-state index is 5.78. The van der Waals surface area contributed by atoms with Crippen LogP contribution in [0.5, 0.6) is 0 Å². The van der Waals surface area contributed by atoms with Gasteiger partial charge >= 0.3 is 0 Å². The Bertz CT molecular complexity index is 295. The van der Waals surface area contributed by atoms with Crippen LogP contribution < -0.4 is 11.1 Å². The Balaban J connectivity index is 1.63. The second-order valence-electron chi connectivity index (χ2n) is 5.85. The van der Waals surface area contributed by atoms with Crippen LogP contribution in [0.15, 0.2) is 4.99 Å². The van der Waals surface area contributed by atoms with Gasteiger partial charge in [-0.3, -0.25) is 4.99 Å². The van der Waals surface area contributed by atoms with E-state index in [1.54, 1.807) is 0 Å². The standard InChI is InChI=1S/C13H25N3O2/c1-13(2,11-17-8-9-18-11)6-3-7-15-12(14)16-10-4-5-10/h10-11H,3-9H2,1-2H3,(H3,14,15,16). The number of guanidine groups is 1. The lowest BCUT2D eigenvalue weighted by Gasteiger charge is -2.29. The molecule has 1 heterocycles. The molecule has 1 saturated heterocycles. The van der Waals surface area contributed by atoms with E-state index >= 15 is 0 Å². The first-order valence-electron chi connectivity index (χ1n) is 6.87. The quantitative estimate of drug-likeness (QED) is 0.425. The van der Waals surface area contributed by atoms with E-state index in [2.05, 4.69) is 24.2 Å². The van der Waals surface area contributed by atoms with Crippen molar-refractivity contribution >= 4 is 5.96 Å². The average Bonchev–Trinajstić information content (AvgIpc) is 2.96. The normalized spacial score (nSPS) is 22.4. The van der Waals surface area contributed by atoms with E-state index in [9.17, 15) is 0 Å². The van der Waals surface area contributed by atoms with Crippen molar-refractivity contribution < 1.29 is 9.47 Å². The minimum Gasteiger partial charge on any atom is -0.370 e. The first-order valence-corrected chi connectivity index (χ1v) is 6.87. The highest BCUT2D eigenvalue weighted by atomic mass is 16.7. The van der Waals surface area contributed by atoms with Gasteiger partial charge in [-0.25, -0.2) is 0 Å². The van der Waals surface area contributed by atoms with Crippen LogP contribution in [0.2, 0.25) is 0 Å². The number of hydrogen-bond donors (Lipinski definition) is 2. The van der Waals surface area contributed by atoms with Crippen molar-refractivity contribution in [3.8, 4) is 0 Å². The predicted molar refractivity (Wildman–Crippen MR) is 71.4 cm³/mol. The molecular formula is C13H25N3O2. The number of nitrogens with zero attached hydrogens (tertiary/aromatic N) is 1. The van der Waals surface area contributed by atoms with Crippen LogP contribution in [0.4, 0.5) is 0 Å². The summed E-state index contributed by atoms with van der Waals surface area (Å²) in [5, 5.41) is 3.18. The third-order valence-corrected chi connectivity index (χ3v) is 3.45. The van der Waals surface area contributed by atoms with Crippen LogP contribution >= 0.6 is 0 Å². The van der Waals surface area contributed by atoms with Crippen LogP contribution in [0.1, 0.15) is 39.5 Å². The van der Waals surface area contributed by atoms with Gasteiger partial charge in [0.1, 0.15) is 0 Å². The fraction of sp³-hybridized carbons (Fsp3) is 0.923. The fourth-order valence-corrected chi connectivity index (χ4v) is 2.14. The zero-order chi connectivity index (χ0) is 13.0. The van der Waals surface area contributed by atoms with E-state index in [0.717, 1.165) is 19.4 Å². The van der Waals surface area contributed by atoms with Crippen molar-refractivity contribution in [2.24, 2.45) is 16.1 Å². The Hall–Kier alpha value is -0.810. The molecule has 5 heteroatoms. The molecule has 3 N–H and O–H groups in total. The van der Waals surface area contributed by atoms with Crippen molar-refractivity contribution in [2.45, 2.75) is 51.9 Å². The predicted octanol–water partition coefficient (Wildman–Crippen LogP) is 1.23. The summed E-state index contributed by atoms with van der Waals surface area (Å²) < 4.78 is 11.1. The number of aliphatic imine (C=N–C) groups is 1. The Morgan fingerprint density at radius 3 is 2.61 bits per heavy atom. The molecule has 0 aromatic rings. The van der Waals surface area contributed by atoms with Gasteiger partial charge in [0.05, 0.1) is 13.2 Å². The maximum atomic E-state index is 5.78. The monoisotopic (exact) mass is 255 g/mol. The van der Waals surface area contributed by atoms with Crippen LogP contribution in [-0.4, -0.2) is 38.0 Å². The summed E-state index contributed by atoms with van der Waals surface area (Å²) in [5.41, 5.74) is 5.82. The Morgan fingerprint density at radius 1 is 1.33 bits per heavy atom. The van der Waals surface area contributed by atoms with Crippen molar-refractivity contribution in [2.75, 3.05) is 19.8 Å². The summed E-state index contributed by atoms with van der Waals surface area (Å²) in [7, 11) is 0. The SMILES string of the molecule is CC(C)(CCCN=C(N)NC1CC1)C1OCCO1. The third-order valence-electron chi connectivity index (χ3n) is 3.45. The molecule has 104 valence electrons. The van der Waals surface area contributed by atoms with Gasteiger partial charge in [-0.2, -0.15) is 0 Å². The lowest BCUT2D eigenvalue weighted by atomic mass is 9.87. The number of hydrogen-bond acceptors (Lipinski definition) is 3. The molecule has 1 saturated carbocycles. The van der Waals surface area contributed by atoms with Gasteiger partial charge in [-0.1, -0.05) is 13.8 Å². The van der Waals surface area contributed by atoms with Gasteiger partial charge in [-0.15, -0.1) is 0 Å². The minimum absolute atomic E-state index is 0.0463. The minimum atomic E-state index is -0.0663. The van der Waals surface area contributed by atoms with Gasteiger partial charge < -0.3 is 20.5 Å². The van der Waals surface area contributed by atoms with E-state index < -0.39 is 0 Å². The first-order chi connectivity index (χ1) is 8.58. The Kier molecular flexibility index (Phi) is 4.45. The topological polar surface area (TPSA) is 68.9 Å². The highest BCUT2D eigenvalue weighted by molar-refractivity contribution is 5.78. The Labute approximate surface area is 109 Å². The van der Waals surface area contributed by atoms with Crippen LogP contribution in [0.3, 0.4) is 0 Å². The van der Waals surface area contributed by atoms with Gasteiger partial charge in [0, 0.05) is 18.0 Å². The molecule has 18 heavy (non-hydrogen) atoms. The molecule has 0 amide bonds. The zero-order valence-electron chi connectivity index (χ0n) is 11.4. The average molecular weight is 255 g/mol. The summed E-state index contributed by atoms with van der Waals surface area (Å²) in [6, 6.07) is 0.575. The van der Waals surface area contributed by atoms with Gasteiger partial charge in [0.2, 0.25) is 0 Å². The van der Waals surface area contributed by atoms with Crippen molar-refractivity contribution in [1.82, 2.24) is 5.32 Å². The number of nitrogens with two attached hydrogens (primary N) is 1. The molecule has 2 fully saturated rings. The molecule has 2 aliphatic rings. The molecule has 2 rings (SSSR count). The lowest BCUT2D eigenvalue weighted by Crippen LogP contribution is -2.33. The van der Waals surface area contributed by atoms with E-state index in [1.807, 2.05) is 0 Å². The smallest absolute Gasteiger partial charge is 0.188 e. The van der Waals surface area contributed by atoms with E-state index in [4.69, 9.17) is 15.2 Å². The number of ether oxygens (including phenoxy) is 2. The third kappa shape index (κ3) is 4.14. The molecule has 0 aromatic carbocycles. The lowest BCUT2D eigenvalue weighted by molar-refractivity contribution is -0.122. The van der Waals surface area contributed by atoms with Gasteiger partial charge in [0.25, 0.3) is 0 Å². The Morgan fingerprint density at radius 2 is 2.00 bits per heavy atom. The van der Waals surface area contributed by atoms with E-state index in [0.29, 0.717) is 25.2 Å². The molecule has 0 aromatic heterocycles. The van der Waals surface area contributed by atoms with Gasteiger partial charge in [-0.05, 0) is 25.7 Å². The largest absolute Gasteiger partial charge is 0.370 e. The van der Waals surface area contributed by atoms with Crippen molar-refractivity contribution in [3.63, 3.8) is 0 Å². The van der Waals surface area contributed by atoms with Crippen LogP contribution in [-0.2, 0) is 9.47 Å². The summed E-state index contributed by atoms with van der Waals surface area (Å²) in [5.74, 6) is 0.587. The molecule has 0 spiro atoms. The summed E-state index contributed by atoms with van der Waals surface area (Å²) in [6.07, 6.45) is 4.41. The van der Waals surface area contributed by atoms with E-state index in [1.165, 1.54) is 12.8 Å². The highest BCUT2D eigenvalue weighted by Gasteiger charge is 2.33. The van der Waals surface area contributed by atoms with Crippen molar-refractivity contribution in [1.29, 1.82) is 0 Å². The molecular weight excluding hydrogens is 230 g/mol. The van der Waals surface area contributed by atoms with Crippen LogP contribution in [0, 0.1) is 5.41 Å². The summed E-state index contributed by atoms with van der Waals surface area (Å²) in [6.45, 7) is 6.55. The summed E-state index contributed by atoms with van der Waals surface area (Å²) >= 11 is 0. The molecule has 0 radical (unpaired) electrons. The first kappa shape index (κ1) is 13.6. The zero-order valence-corrected chi connectivity index (χ0v) is 11.4. The molecule has 5 nitrogen and oxygen atoms in total. The van der Waals surface area contributed by atoms with Crippen LogP contribution in [0.25, 0.3) is 0 Å². The highest BCUT2D eigenvalue weighted by Crippen LogP contribution is 2.32. The number of rotatable bonds is 6. The molecule has 1 aliphatic heterocycles. The number of nitrogens with one attached hydrogen (secondary N) is 1. The molecule has 1 aliphatic carbocycles. The molecule has 0 unspecified atom stereocenters. The molecule has 0 bridgehead atoms.